The van der Waals surface area contributed by atoms with Gasteiger partial charge in [-0.15, -0.1) is 0 Å². The maximum absolute atomic E-state index is 13.2. The fraction of sp³-hybridized carbons (Fsp3) is 0.667. The van der Waals surface area contributed by atoms with Crippen LogP contribution in [0.5, 0.6) is 0 Å². The lowest BCUT2D eigenvalue weighted by Crippen LogP contribution is -2.53. The largest absolute Gasteiger partial charge is 0.347 e. The number of likely N-dealkylation sites (tertiary alicyclic amines) is 1. The van der Waals surface area contributed by atoms with Crippen molar-refractivity contribution in [3.63, 3.8) is 0 Å². The molecule has 1 saturated carbocycles. The van der Waals surface area contributed by atoms with Crippen LogP contribution in [0, 0.1) is 5.82 Å². The van der Waals surface area contributed by atoms with Gasteiger partial charge in [-0.05, 0) is 63.0 Å². The minimum absolute atomic E-state index is 0.0478. The second-order valence-electron chi connectivity index (χ2n) is 8.00. The van der Waals surface area contributed by atoms with Crippen LogP contribution in [0.3, 0.4) is 0 Å². The Morgan fingerprint density at radius 1 is 1.15 bits per heavy atom. The van der Waals surface area contributed by atoms with Crippen LogP contribution in [0.1, 0.15) is 48.9 Å². The lowest BCUT2D eigenvalue weighted by molar-refractivity contribution is -0.174. The number of halogens is 1. The van der Waals surface area contributed by atoms with Gasteiger partial charge in [-0.3, -0.25) is 9.69 Å². The smallest absolute Gasteiger partial charge is 0.253 e. The van der Waals surface area contributed by atoms with Crippen molar-refractivity contribution in [2.75, 3.05) is 33.4 Å². The van der Waals surface area contributed by atoms with E-state index in [4.69, 9.17) is 9.47 Å². The summed E-state index contributed by atoms with van der Waals surface area (Å²) < 4.78 is 25.3. The van der Waals surface area contributed by atoms with Gasteiger partial charge in [0.1, 0.15) is 5.82 Å². The lowest BCUT2D eigenvalue weighted by atomic mass is 9.97. The molecule has 1 spiro atoms. The molecule has 27 heavy (non-hydrogen) atoms. The summed E-state index contributed by atoms with van der Waals surface area (Å²) in [5.41, 5.74) is 0.534. The topological polar surface area (TPSA) is 42.0 Å². The van der Waals surface area contributed by atoms with Gasteiger partial charge in [0.2, 0.25) is 0 Å². The minimum atomic E-state index is -0.484. The minimum Gasteiger partial charge on any atom is -0.347 e. The molecule has 3 aliphatic rings. The zero-order chi connectivity index (χ0) is 18.9. The van der Waals surface area contributed by atoms with E-state index >= 15 is 0 Å². The highest BCUT2D eigenvalue weighted by Gasteiger charge is 2.46. The molecule has 3 fully saturated rings. The summed E-state index contributed by atoms with van der Waals surface area (Å²) in [4.78, 5) is 17.4. The van der Waals surface area contributed by atoms with Crippen molar-refractivity contribution in [1.82, 2.24) is 9.80 Å². The number of hydrogen-bond donors (Lipinski definition) is 0. The first-order chi connectivity index (χ1) is 13.1. The van der Waals surface area contributed by atoms with E-state index in [9.17, 15) is 9.18 Å². The van der Waals surface area contributed by atoms with Gasteiger partial charge in [-0.2, -0.15) is 0 Å². The first-order valence-electron chi connectivity index (χ1n) is 10.1. The van der Waals surface area contributed by atoms with Gasteiger partial charge in [-0.1, -0.05) is 0 Å². The molecular weight excluding hydrogens is 347 g/mol. The molecule has 1 amide bonds. The molecule has 0 N–H and O–H groups in total. The van der Waals surface area contributed by atoms with Crippen molar-refractivity contribution in [1.29, 1.82) is 0 Å². The highest BCUT2D eigenvalue weighted by Crippen LogP contribution is 2.39. The molecular formula is C21H29FN2O3. The van der Waals surface area contributed by atoms with Crippen LogP contribution in [0.15, 0.2) is 24.3 Å². The third-order valence-corrected chi connectivity index (χ3v) is 6.35. The van der Waals surface area contributed by atoms with Crippen molar-refractivity contribution in [3.05, 3.63) is 35.6 Å². The maximum atomic E-state index is 13.2. The Morgan fingerprint density at radius 2 is 1.81 bits per heavy atom. The number of amides is 1. The quantitative estimate of drug-likeness (QED) is 0.813. The molecule has 0 aromatic heterocycles. The second kappa shape index (κ2) is 7.86. The highest BCUT2D eigenvalue weighted by molar-refractivity contribution is 5.94. The van der Waals surface area contributed by atoms with E-state index < -0.39 is 5.79 Å². The predicted octanol–water partition coefficient (Wildman–Crippen LogP) is 3.05. The molecule has 1 aromatic carbocycles. The van der Waals surface area contributed by atoms with Crippen molar-refractivity contribution >= 4 is 5.91 Å². The van der Waals surface area contributed by atoms with E-state index in [1.165, 1.54) is 25.0 Å². The fourth-order valence-electron chi connectivity index (χ4n) is 4.93. The standard InChI is InChI=1S/C21H29FN2O3/c1-23(20(25)16-6-8-17(22)9-7-16)18-5-4-10-21(26-13-14-27-21)15-19(18)24-11-2-3-12-24/h6-9,18-19H,2-5,10-15H2,1H3. The number of ether oxygens (including phenoxy) is 2. The molecule has 2 heterocycles. The van der Waals surface area contributed by atoms with Gasteiger partial charge in [0.25, 0.3) is 5.91 Å². The number of carbonyl (C=O) groups is 1. The number of rotatable bonds is 3. The van der Waals surface area contributed by atoms with E-state index in [1.54, 1.807) is 12.1 Å². The van der Waals surface area contributed by atoms with Crippen LogP contribution >= 0.6 is 0 Å². The first-order valence-corrected chi connectivity index (χ1v) is 10.1. The molecule has 4 rings (SSSR count). The van der Waals surface area contributed by atoms with E-state index in [-0.39, 0.29) is 23.8 Å². The Bertz CT molecular complexity index is 654. The number of benzene rings is 1. The molecule has 2 saturated heterocycles. The molecule has 2 atom stereocenters. The van der Waals surface area contributed by atoms with E-state index in [0.717, 1.165) is 38.8 Å². The summed E-state index contributed by atoms with van der Waals surface area (Å²) in [6, 6.07) is 6.17. The summed E-state index contributed by atoms with van der Waals surface area (Å²) in [5, 5.41) is 0. The van der Waals surface area contributed by atoms with Crippen molar-refractivity contribution in [3.8, 4) is 0 Å². The number of nitrogens with zero attached hydrogens (tertiary/aromatic N) is 2. The molecule has 1 aromatic rings. The Kier molecular flexibility index (Phi) is 5.48. The summed E-state index contributed by atoms with van der Waals surface area (Å²) in [5.74, 6) is -0.855. The van der Waals surface area contributed by atoms with Crippen LogP contribution in [0.2, 0.25) is 0 Å². The average Bonchev–Trinajstić information content (AvgIpc) is 3.32. The van der Waals surface area contributed by atoms with Gasteiger partial charge in [0, 0.05) is 37.5 Å². The Hall–Kier alpha value is -1.50. The average molecular weight is 376 g/mol. The molecule has 5 nitrogen and oxygen atoms in total. The predicted molar refractivity (Wildman–Crippen MR) is 100.0 cm³/mol. The molecule has 1 aliphatic carbocycles. The van der Waals surface area contributed by atoms with Crippen LogP contribution in [0.25, 0.3) is 0 Å². The molecule has 2 unspecified atom stereocenters. The maximum Gasteiger partial charge on any atom is 0.253 e. The van der Waals surface area contributed by atoms with Crippen LogP contribution in [-0.2, 0) is 9.47 Å². The molecule has 0 bridgehead atoms. The highest BCUT2D eigenvalue weighted by atomic mass is 19.1. The zero-order valence-electron chi connectivity index (χ0n) is 16.0. The summed E-state index contributed by atoms with van der Waals surface area (Å²) >= 11 is 0. The SMILES string of the molecule is CN(C(=O)c1ccc(F)cc1)C1CCCC2(CC1N1CCCC1)OCCO2. The van der Waals surface area contributed by atoms with Gasteiger partial charge >= 0.3 is 0 Å². The zero-order valence-corrected chi connectivity index (χ0v) is 16.0. The molecule has 0 radical (unpaired) electrons. The lowest BCUT2D eigenvalue weighted by Gasteiger charge is -2.40. The van der Waals surface area contributed by atoms with Gasteiger partial charge in [0.15, 0.2) is 5.79 Å². The van der Waals surface area contributed by atoms with E-state index in [0.29, 0.717) is 18.8 Å². The second-order valence-corrected chi connectivity index (χ2v) is 8.00. The Morgan fingerprint density at radius 3 is 2.48 bits per heavy atom. The van der Waals surface area contributed by atoms with Crippen LogP contribution in [0.4, 0.5) is 4.39 Å². The number of likely N-dealkylation sites (N-methyl/N-ethyl adjacent to an activating group) is 1. The monoisotopic (exact) mass is 376 g/mol. The van der Waals surface area contributed by atoms with Crippen molar-refractivity contribution in [2.45, 2.75) is 56.4 Å². The first kappa shape index (κ1) is 18.8. The summed E-state index contributed by atoms with van der Waals surface area (Å²) in [7, 11) is 1.88. The molecule has 6 heteroatoms. The van der Waals surface area contributed by atoms with Gasteiger partial charge < -0.3 is 14.4 Å². The van der Waals surface area contributed by atoms with Crippen molar-refractivity contribution in [2.24, 2.45) is 0 Å². The molecule has 2 aliphatic heterocycles. The summed E-state index contributed by atoms with van der Waals surface area (Å²) in [6.45, 7) is 3.44. The van der Waals surface area contributed by atoms with Crippen LogP contribution in [-0.4, -0.2) is 66.9 Å². The fourth-order valence-corrected chi connectivity index (χ4v) is 4.93. The Balaban J connectivity index is 1.57. The van der Waals surface area contributed by atoms with Gasteiger partial charge in [0.05, 0.1) is 13.2 Å². The Labute approximate surface area is 160 Å². The van der Waals surface area contributed by atoms with E-state index in [2.05, 4.69) is 4.90 Å². The van der Waals surface area contributed by atoms with Crippen LogP contribution < -0.4 is 0 Å². The third kappa shape index (κ3) is 3.89. The normalized spacial score (nSPS) is 28.4. The summed E-state index contributed by atoms with van der Waals surface area (Å²) in [6.07, 6.45) is 5.99. The molecule has 148 valence electrons. The number of carbonyl (C=O) groups excluding carboxylic acids is 1. The van der Waals surface area contributed by atoms with Crippen molar-refractivity contribution < 1.29 is 18.7 Å². The number of hydrogen-bond acceptors (Lipinski definition) is 4. The third-order valence-electron chi connectivity index (χ3n) is 6.35. The van der Waals surface area contributed by atoms with E-state index in [1.807, 2.05) is 11.9 Å². The van der Waals surface area contributed by atoms with Gasteiger partial charge in [-0.25, -0.2) is 4.39 Å².